The largest absolute Gasteiger partial charge is 0.459 e. The Kier molecular flexibility index (Phi) is 5.00. The molecule has 10 heteroatoms. The average Bonchev–Trinajstić information content (AvgIpc) is 2.90. The van der Waals surface area contributed by atoms with E-state index in [1.807, 2.05) is 6.92 Å². The molecule has 134 valence electrons. The molecule has 2 saturated heterocycles. The quantitative estimate of drug-likeness (QED) is 0.226. The van der Waals surface area contributed by atoms with Gasteiger partial charge in [0.25, 0.3) is 5.69 Å². The van der Waals surface area contributed by atoms with Gasteiger partial charge in [0.05, 0.1) is 10.8 Å². The monoisotopic (exact) mass is 448 g/mol. The van der Waals surface area contributed by atoms with Crippen LogP contribution in [-0.2, 0) is 20.9 Å². The zero-order chi connectivity index (χ0) is 18.4. The van der Waals surface area contributed by atoms with Gasteiger partial charge in [0.15, 0.2) is 5.54 Å². The summed E-state index contributed by atoms with van der Waals surface area (Å²) in [5.74, 6) is -0.784. The van der Waals surface area contributed by atoms with Crippen LogP contribution in [0.2, 0.25) is 0 Å². The highest BCUT2D eigenvalue weighted by molar-refractivity contribution is 9.10. The second kappa shape index (κ2) is 6.77. The minimum atomic E-state index is -1.20. The summed E-state index contributed by atoms with van der Waals surface area (Å²) in [5.41, 5.74) is -0.615. The van der Waals surface area contributed by atoms with E-state index < -0.39 is 16.4 Å². The maximum absolute atomic E-state index is 12.8. The number of ether oxygens (including phenoxy) is 1. The van der Waals surface area contributed by atoms with E-state index in [9.17, 15) is 19.7 Å². The summed E-state index contributed by atoms with van der Waals surface area (Å²) in [6.07, 6.45) is 0. The highest BCUT2D eigenvalue weighted by Crippen LogP contribution is 2.53. The number of alkyl halides is 2. The van der Waals surface area contributed by atoms with E-state index >= 15 is 0 Å². The molecule has 0 radical (unpaired) electrons. The number of esters is 1. The van der Waals surface area contributed by atoms with Gasteiger partial charge in [0, 0.05) is 17.4 Å². The molecule has 25 heavy (non-hydrogen) atoms. The minimum Gasteiger partial charge on any atom is -0.459 e. The number of amides is 1. The Morgan fingerprint density at radius 2 is 2.12 bits per heavy atom. The number of rotatable bonds is 5. The van der Waals surface area contributed by atoms with Gasteiger partial charge in [-0.05, 0) is 17.7 Å². The molecule has 2 aliphatic heterocycles. The molecule has 0 unspecified atom stereocenters. The van der Waals surface area contributed by atoms with Gasteiger partial charge in [0.2, 0.25) is 5.91 Å². The van der Waals surface area contributed by atoms with Gasteiger partial charge in [0.1, 0.15) is 16.8 Å². The van der Waals surface area contributed by atoms with Gasteiger partial charge in [-0.25, -0.2) is 4.79 Å². The molecule has 0 aliphatic carbocycles. The molecule has 2 heterocycles. The van der Waals surface area contributed by atoms with Crippen LogP contribution in [0, 0.1) is 10.1 Å². The number of carbonyl (C=O) groups is 2. The number of nitro benzene ring substituents is 1. The van der Waals surface area contributed by atoms with Crippen molar-refractivity contribution in [3.63, 3.8) is 0 Å². The third kappa shape index (κ3) is 2.82. The third-order valence-corrected chi connectivity index (χ3v) is 7.71. The smallest absolute Gasteiger partial charge is 0.334 e. The number of fused-ring (bicyclic) bond motifs is 1. The molecule has 0 saturated carbocycles. The fourth-order valence-corrected chi connectivity index (χ4v) is 5.98. The molecule has 0 bridgehead atoms. The fourth-order valence-electron chi connectivity index (χ4n) is 2.98. The number of halogens is 2. The van der Waals surface area contributed by atoms with Gasteiger partial charge in [-0.2, -0.15) is 0 Å². The SMILES string of the molecule is C[C@H]1S[C@H]2[C@@H](Br)C(=O)N2[C@@]1(CCl)C(=O)OCc1ccc([N+](=O)[O-])cc1. The molecule has 4 atom stereocenters. The van der Waals surface area contributed by atoms with Crippen LogP contribution in [0.25, 0.3) is 0 Å². The van der Waals surface area contributed by atoms with Crippen molar-refractivity contribution in [2.24, 2.45) is 0 Å². The van der Waals surface area contributed by atoms with Crippen molar-refractivity contribution < 1.29 is 19.2 Å². The van der Waals surface area contributed by atoms with Gasteiger partial charge in [-0.15, -0.1) is 23.4 Å². The van der Waals surface area contributed by atoms with Crippen molar-refractivity contribution in [1.29, 1.82) is 0 Å². The van der Waals surface area contributed by atoms with Crippen LogP contribution in [0.15, 0.2) is 24.3 Å². The predicted octanol–water partition coefficient (Wildman–Crippen LogP) is 2.68. The van der Waals surface area contributed by atoms with Crippen molar-refractivity contribution in [3.05, 3.63) is 39.9 Å². The first-order valence-corrected chi connectivity index (χ1v) is 9.81. The Hall–Kier alpha value is -1.32. The van der Waals surface area contributed by atoms with Crippen molar-refractivity contribution >= 4 is 56.9 Å². The van der Waals surface area contributed by atoms with Gasteiger partial charge < -0.3 is 9.64 Å². The van der Waals surface area contributed by atoms with E-state index in [1.54, 1.807) is 0 Å². The number of non-ortho nitro benzene ring substituents is 1. The molecule has 1 amide bonds. The van der Waals surface area contributed by atoms with Crippen LogP contribution >= 0.6 is 39.3 Å². The molecule has 3 rings (SSSR count). The van der Waals surface area contributed by atoms with Crippen molar-refractivity contribution in [3.8, 4) is 0 Å². The second-order valence-corrected chi connectivity index (χ2v) is 8.55. The van der Waals surface area contributed by atoms with E-state index in [-0.39, 0.29) is 39.5 Å². The molecule has 0 aromatic heterocycles. The Labute approximate surface area is 161 Å². The summed E-state index contributed by atoms with van der Waals surface area (Å²) in [6.45, 7) is 1.81. The summed E-state index contributed by atoms with van der Waals surface area (Å²) in [4.78, 5) is 36.3. The number of nitro groups is 1. The van der Waals surface area contributed by atoms with Gasteiger partial charge >= 0.3 is 5.97 Å². The summed E-state index contributed by atoms with van der Waals surface area (Å²) in [7, 11) is 0. The van der Waals surface area contributed by atoms with Crippen molar-refractivity contribution in [2.75, 3.05) is 5.88 Å². The number of thioether (sulfide) groups is 1. The van der Waals surface area contributed by atoms with Gasteiger partial charge in [-0.1, -0.05) is 22.9 Å². The van der Waals surface area contributed by atoms with Gasteiger partial charge in [-0.3, -0.25) is 14.9 Å². The summed E-state index contributed by atoms with van der Waals surface area (Å²) >= 11 is 10.9. The maximum Gasteiger partial charge on any atom is 0.334 e. The number of benzene rings is 1. The van der Waals surface area contributed by atoms with Crippen LogP contribution in [0.3, 0.4) is 0 Å². The molecule has 7 nitrogen and oxygen atoms in total. The number of hydrogen-bond donors (Lipinski definition) is 0. The molecule has 1 aromatic carbocycles. The summed E-state index contributed by atoms with van der Waals surface area (Å²) in [5, 5.41) is 10.3. The van der Waals surface area contributed by atoms with Crippen LogP contribution in [0.5, 0.6) is 0 Å². The van der Waals surface area contributed by atoms with E-state index in [4.69, 9.17) is 16.3 Å². The lowest BCUT2D eigenvalue weighted by molar-refractivity contribution is -0.384. The minimum absolute atomic E-state index is 0.0366. The Morgan fingerprint density at radius 1 is 1.48 bits per heavy atom. The van der Waals surface area contributed by atoms with Crippen LogP contribution < -0.4 is 0 Å². The first-order valence-electron chi connectivity index (χ1n) is 7.42. The molecule has 2 aliphatic rings. The lowest BCUT2D eigenvalue weighted by atomic mass is 9.92. The molecular formula is C15H14BrClN2O5S. The number of carbonyl (C=O) groups excluding carboxylic acids is 2. The zero-order valence-corrected chi connectivity index (χ0v) is 16.2. The standard InChI is InChI=1S/C15H14BrClN2O5S/c1-8-15(7-17,18-12(20)11(16)13(18)25-8)14(21)24-6-9-2-4-10(5-3-9)19(22)23/h2-5,8,11,13H,6-7H2,1H3/t8-,11+,13+,15-/m1/s1. The fraction of sp³-hybridized carbons (Fsp3) is 0.467. The Bertz CT molecular complexity index is 733. The Morgan fingerprint density at radius 3 is 2.68 bits per heavy atom. The molecule has 1 aromatic rings. The van der Waals surface area contributed by atoms with E-state index in [0.29, 0.717) is 5.56 Å². The highest BCUT2D eigenvalue weighted by Gasteiger charge is 2.67. The first kappa shape index (κ1) is 18.5. The second-order valence-electron chi connectivity index (χ2n) is 5.84. The van der Waals surface area contributed by atoms with Crippen LogP contribution in [-0.4, -0.2) is 48.6 Å². The highest BCUT2D eigenvalue weighted by atomic mass is 79.9. The molecule has 2 fully saturated rings. The molecule has 0 spiro atoms. The van der Waals surface area contributed by atoms with E-state index in [0.717, 1.165) is 0 Å². The predicted molar refractivity (Wildman–Crippen MR) is 96.7 cm³/mol. The van der Waals surface area contributed by atoms with Crippen LogP contribution in [0.4, 0.5) is 5.69 Å². The summed E-state index contributed by atoms with van der Waals surface area (Å²) < 4.78 is 5.40. The van der Waals surface area contributed by atoms with E-state index in [2.05, 4.69) is 15.9 Å². The van der Waals surface area contributed by atoms with Crippen LogP contribution in [0.1, 0.15) is 12.5 Å². The van der Waals surface area contributed by atoms with Crippen molar-refractivity contribution in [2.45, 2.75) is 34.5 Å². The Balaban J connectivity index is 1.73. The lowest BCUT2D eigenvalue weighted by Gasteiger charge is -2.46. The first-order chi connectivity index (χ1) is 11.8. The maximum atomic E-state index is 12.8. The third-order valence-electron chi connectivity index (χ3n) is 4.50. The average molecular weight is 450 g/mol. The number of β-lactam (4-membered cyclic amide) rings is 1. The van der Waals surface area contributed by atoms with E-state index in [1.165, 1.54) is 40.9 Å². The molecular weight excluding hydrogens is 436 g/mol. The normalized spacial score (nSPS) is 30.6. The summed E-state index contributed by atoms with van der Waals surface area (Å²) in [6, 6.07) is 5.74. The number of hydrogen-bond acceptors (Lipinski definition) is 6. The zero-order valence-electron chi connectivity index (χ0n) is 13.1. The topological polar surface area (TPSA) is 89.8 Å². The van der Waals surface area contributed by atoms with Crippen molar-refractivity contribution in [1.82, 2.24) is 4.90 Å². The lowest BCUT2D eigenvalue weighted by Crippen LogP contribution is -2.70. The number of nitrogens with zero attached hydrogens (tertiary/aromatic N) is 2. The molecule has 0 N–H and O–H groups in total.